The van der Waals surface area contributed by atoms with Crippen LogP contribution in [-0.2, 0) is 13.0 Å². The highest BCUT2D eigenvalue weighted by Gasteiger charge is 2.16. The molecule has 0 fully saturated rings. The molecule has 28 heavy (non-hydrogen) atoms. The highest BCUT2D eigenvalue weighted by atomic mass is 32.1. The van der Waals surface area contributed by atoms with Gasteiger partial charge in [0.15, 0.2) is 0 Å². The average molecular weight is 398 g/mol. The van der Waals surface area contributed by atoms with E-state index in [1.54, 1.807) is 25.7 Å². The zero-order chi connectivity index (χ0) is 19.9. The summed E-state index contributed by atoms with van der Waals surface area (Å²) < 4.78 is 10.5. The quantitative estimate of drug-likeness (QED) is 0.609. The summed E-state index contributed by atoms with van der Waals surface area (Å²) in [6, 6.07) is 15.2. The van der Waals surface area contributed by atoms with Gasteiger partial charge in [0.25, 0.3) is 5.91 Å². The molecule has 0 aliphatic heterocycles. The van der Waals surface area contributed by atoms with Crippen LogP contribution in [0.2, 0.25) is 0 Å². The molecule has 6 nitrogen and oxygen atoms in total. The zero-order valence-electron chi connectivity index (χ0n) is 15.8. The molecule has 1 amide bonds. The van der Waals surface area contributed by atoms with Gasteiger partial charge in [-0.15, -0.1) is 11.3 Å². The summed E-state index contributed by atoms with van der Waals surface area (Å²) in [5, 5.41) is 5.36. The highest BCUT2D eigenvalue weighted by molar-refractivity contribution is 7.09. The third-order valence-electron chi connectivity index (χ3n) is 4.23. The predicted molar refractivity (Wildman–Crippen MR) is 110 cm³/mol. The standard InChI is InChI=1S/C21H23N3O3S/c1-26-16-8-15(9-17(11-16)27-2)12-23-20(25)19-13-28-21(24-19)18(22)10-14-6-4-3-5-7-14/h3-9,11,13,18H,10,12,22H2,1-2H3,(H,23,25). The van der Waals surface area contributed by atoms with E-state index in [-0.39, 0.29) is 11.9 Å². The summed E-state index contributed by atoms with van der Waals surface area (Å²) in [6.45, 7) is 0.343. The Balaban J connectivity index is 1.61. The van der Waals surface area contributed by atoms with Gasteiger partial charge in [0.1, 0.15) is 22.2 Å². The van der Waals surface area contributed by atoms with Gasteiger partial charge in [-0.3, -0.25) is 4.79 Å². The van der Waals surface area contributed by atoms with Gasteiger partial charge in [0.2, 0.25) is 0 Å². The fraction of sp³-hybridized carbons (Fsp3) is 0.238. The van der Waals surface area contributed by atoms with Crippen LogP contribution >= 0.6 is 11.3 Å². The lowest BCUT2D eigenvalue weighted by Gasteiger charge is -2.09. The maximum Gasteiger partial charge on any atom is 0.271 e. The molecule has 0 aliphatic carbocycles. The number of ether oxygens (including phenoxy) is 2. The largest absolute Gasteiger partial charge is 0.497 e. The molecule has 0 spiro atoms. The fourth-order valence-corrected chi connectivity index (χ4v) is 3.56. The van der Waals surface area contributed by atoms with Crippen LogP contribution in [0.5, 0.6) is 11.5 Å². The molecular formula is C21H23N3O3S. The molecule has 1 aromatic heterocycles. The van der Waals surface area contributed by atoms with Crippen LogP contribution in [0.15, 0.2) is 53.9 Å². The normalized spacial score (nSPS) is 11.7. The van der Waals surface area contributed by atoms with Gasteiger partial charge in [-0.05, 0) is 29.7 Å². The number of rotatable bonds is 8. The molecule has 1 heterocycles. The van der Waals surface area contributed by atoms with Crippen molar-refractivity contribution in [1.29, 1.82) is 0 Å². The van der Waals surface area contributed by atoms with Crippen LogP contribution in [0.4, 0.5) is 0 Å². The van der Waals surface area contributed by atoms with Crippen LogP contribution in [0.3, 0.4) is 0 Å². The lowest BCUT2D eigenvalue weighted by molar-refractivity contribution is 0.0946. The molecule has 7 heteroatoms. The zero-order valence-corrected chi connectivity index (χ0v) is 16.7. The number of benzene rings is 2. The molecule has 146 valence electrons. The van der Waals surface area contributed by atoms with Gasteiger partial charge in [-0.2, -0.15) is 0 Å². The number of hydrogen-bond acceptors (Lipinski definition) is 6. The molecule has 0 aliphatic rings. The number of carbonyl (C=O) groups excluding carboxylic acids is 1. The Hall–Kier alpha value is -2.90. The van der Waals surface area contributed by atoms with Gasteiger partial charge in [0.05, 0.1) is 20.3 Å². The molecule has 0 bridgehead atoms. The van der Waals surface area contributed by atoms with Crippen molar-refractivity contribution in [3.05, 3.63) is 75.7 Å². The van der Waals surface area contributed by atoms with E-state index in [4.69, 9.17) is 15.2 Å². The summed E-state index contributed by atoms with van der Waals surface area (Å²) in [7, 11) is 3.18. The molecule has 0 saturated heterocycles. The Bertz CT molecular complexity index is 905. The lowest BCUT2D eigenvalue weighted by atomic mass is 10.1. The van der Waals surface area contributed by atoms with Gasteiger partial charge >= 0.3 is 0 Å². The Kier molecular flexibility index (Phi) is 6.62. The summed E-state index contributed by atoms with van der Waals surface area (Å²) in [4.78, 5) is 16.9. The van der Waals surface area contributed by atoms with E-state index in [1.165, 1.54) is 11.3 Å². The van der Waals surface area contributed by atoms with E-state index in [9.17, 15) is 4.79 Å². The first-order valence-electron chi connectivity index (χ1n) is 8.84. The fourth-order valence-electron chi connectivity index (χ4n) is 2.76. The first-order valence-corrected chi connectivity index (χ1v) is 9.72. The Labute approximate surface area is 168 Å². The Morgan fingerprint density at radius 1 is 1.11 bits per heavy atom. The number of carbonyl (C=O) groups is 1. The van der Waals surface area contributed by atoms with E-state index in [2.05, 4.69) is 10.3 Å². The average Bonchev–Trinajstić information content (AvgIpc) is 3.23. The number of thiazole rings is 1. The monoisotopic (exact) mass is 397 g/mol. The molecule has 3 N–H and O–H groups in total. The van der Waals surface area contributed by atoms with Gasteiger partial charge in [-0.1, -0.05) is 30.3 Å². The van der Waals surface area contributed by atoms with Crippen molar-refractivity contribution in [2.24, 2.45) is 5.73 Å². The van der Waals surface area contributed by atoms with Crippen molar-refractivity contribution in [3.63, 3.8) is 0 Å². The first-order chi connectivity index (χ1) is 13.6. The molecule has 3 rings (SSSR count). The van der Waals surface area contributed by atoms with E-state index >= 15 is 0 Å². The third kappa shape index (κ3) is 5.09. The molecule has 0 radical (unpaired) electrons. The van der Waals surface area contributed by atoms with Crippen molar-refractivity contribution in [2.75, 3.05) is 14.2 Å². The third-order valence-corrected chi connectivity index (χ3v) is 5.21. The molecular weight excluding hydrogens is 374 g/mol. The van der Waals surface area contributed by atoms with E-state index in [0.29, 0.717) is 30.2 Å². The van der Waals surface area contributed by atoms with Crippen molar-refractivity contribution in [1.82, 2.24) is 10.3 Å². The molecule has 2 aromatic carbocycles. The van der Waals surface area contributed by atoms with E-state index < -0.39 is 0 Å². The van der Waals surface area contributed by atoms with Crippen LogP contribution in [0.1, 0.15) is 32.7 Å². The van der Waals surface area contributed by atoms with Crippen LogP contribution in [0, 0.1) is 0 Å². The van der Waals surface area contributed by atoms with Crippen LogP contribution in [-0.4, -0.2) is 25.1 Å². The minimum atomic E-state index is -0.240. The number of hydrogen-bond donors (Lipinski definition) is 2. The minimum absolute atomic E-state index is 0.239. The second kappa shape index (κ2) is 9.34. The number of methoxy groups -OCH3 is 2. The van der Waals surface area contributed by atoms with Crippen molar-refractivity contribution in [2.45, 2.75) is 19.0 Å². The summed E-state index contributed by atoms with van der Waals surface area (Å²) in [5.74, 6) is 1.11. The minimum Gasteiger partial charge on any atom is -0.497 e. The number of nitrogens with zero attached hydrogens (tertiary/aromatic N) is 1. The van der Waals surface area contributed by atoms with Gasteiger partial charge in [-0.25, -0.2) is 4.98 Å². The second-order valence-electron chi connectivity index (χ2n) is 6.27. The maximum absolute atomic E-state index is 12.5. The Morgan fingerprint density at radius 2 is 1.79 bits per heavy atom. The van der Waals surface area contributed by atoms with Crippen LogP contribution in [0.25, 0.3) is 0 Å². The molecule has 0 saturated carbocycles. The summed E-state index contributed by atoms with van der Waals surface area (Å²) >= 11 is 1.40. The SMILES string of the molecule is COc1cc(CNC(=O)c2csc(C(N)Cc3ccccc3)n2)cc(OC)c1. The molecule has 1 atom stereocenters. The number of amides is 1. The van der Waals surface area contributed by atoms with Gasteiger partial charge < -0.3 is 20.5 Å². The highest BCUT2D eigenvalue weighted by Crippen LogP contribution is 2.23. The summed E-state index contributed by atoms with van der Waals surface area (Å²) in [5.41, 5.74) is 8.65. The smallest absolute Gasteiger partial charge is 0.271 e. The topological polar surface area (TPSA) is 86.5 Å². The first kappa shape index (κ1) is 19.9. The van der Waals surface area contributed by atoms with Crippen LogP contribution < -0.4 is 20.5 Å². The predicted octanol–water partition coefficient (Wildman–Crippen LogP) is 3.33. The number of nitrogens with one attached hydrogen (secondary N) is 1. The van der Waals surface area contributed by atoms with Crippen molar-refractivity contribution >= 4 is 17.2 Å². The van der Waals surface area contributed by atoms with Gasteiger partial charge in [0, 0.05) is 18.0 Å². The molecule has 1 unspecified atom stereocenters. The second-order valence-corrected chi connectivity index (χ2v) is 7.16. The molecule has 3 aromatic rings. The van der Waals surface area contributed by atoms with E-state index in [1.807, 2.05) is 42.5 Å². The maximum atomic E-state index is 12.5. The lowest BCUT2D eigenvalue weighted by Crippen LogP contribution is -2.23. The Morgan fingerprint density at radius 3 is 2.43 bits per heavy atom. The number of nitrogens with two attached hydrogens (primary N) is 1. The summed E-state index contributed by atoms with van der Waals surface area (Å²) in [6.07, 6.45) is 0.680. The number of aromatic nitrogens is 1. The van der Waals surface area contributed by atoms with E-state index in [0.717, 1.165) is 16.1 Å². The van der Waals surface area contributed by atoms with Crippen molar-refractivity contribution in [3.8, 4) is 11.5 Å². The van der Waals surface area contributed by atoms with Crippen molar-refractivity contribution < 1.29 is 14.3 Å².